The zero-order valence-corrected chi connectivity index (χ0v) is 11.2. The van der Waals surface area contributed by atoms with Crippen LogP contribution in [-0.4, -0.2) is 44.2 Å². The maximum Gasteiger partial charge on any atom is 0.320 e. The van der Waals surface area contributed by atoms with Crippen molar-refractivity contribution in [3.63, 3.8) is 0 Å². The van der Waals surface area contributed by atoms with Crippen LogP contribution in [0, 0.1) is 5.92 Å². The number of esters is 1. The van der Waals surface area contributed by atoms with Crippen LogP contribution < -0.4 is 5.32 Å². The second-order valence-electron chi connectivity index (χ2n) is 3.66. The lowest BCUT2D eigenvalue weighted by Crippen LogP contribution is -2.31. The minimum Gasteiger partial charge on any atom is -0.468 e. The summed E-state index contributed by atoms with van der Waals surface area (Å²) >= 11 is 3.22. The van der Waals surface area contributed by atoms with Gasteiger partial charge in [-0.25, -0.2) is 0 Å². The molecule has 1 unspecified atom stereocenters. The van der Waals surface area contributed by atoms with E-state index in [1.807, 2.05) is 0 Å². The van der Waals surface area contributed by atoms with Gasteiger partial charge in [0.05, 0.1) is 13.7 Å². The molecule has 0 aromatic carbocycles. The van der Waals surface area contributed by atoms with Gasteiger partial charge in [-0.2, -0.15) is 0 Å². The third-order valence-corrected chi connectivity index (χ3v) is 2.35. The second kappa shape index (κ2) is 9.12. The molecular weight excluding hydrogens is 262 g/mol. The smallest absolute Gasteiger partial charge is 0.320 e. The lowest BCUT2D eigenvalue weighted by Gasteiger charge is -2.10. The zero-order chi connectivity index (χ0) is 11.7. The van der Waals surface area contributed by atoms with E-state index >= 15 is 0 Å². The molecule has 0 heterocycles. The molecule has 0 fully saturated rings. The molecule has 0 saturated carbocycles. The van der Waals surface area contributed by atoms with E-state index in [-0.39, 0.29) is 10.8 Å². The molecule has 1 N–H and O–H groups in total. The first-order valence-electron chi connectivity index (χ1n) is 5.08. The summed E-state index contributed by atoms with van der Waals surface area (Å²) in [4.78, 5) is 10.7. The number of methoxy groups -OCH3 is 1. The molecule has 0 amide bonds. The molecule has 4 nitrogen and oxygen atoms in total. The summed E-state index contributed by atoms with van der Waals surface area (Å²) in [6.45, 7) is 6.96. The number of halogens is 1. The van der Waals surface area contributed by atoms with Crippen molar-refractivity contribution in [1.29, 1.82) is 0 Å². The van der Waals surface area contributed by atoms with Gasteiger partial charge in [-0.15, -0.1) is 0 Å². The summed E-state index contributed by atoms with van der Waals surface area (Å²) in [6.07, 6.45) is 0. The first-order chi connectivity index (χ1) is 7.07. The van der Waals surface area contributed by atoms with Crippen LogP contribution in [0.2, 0.25) is 0 Å². The molecule has 5 heteroatoms. The van der Waals surface area contributed by atoms with Crippen LogP contribution in [0.15, 0.2) is 0 Å². The van der Waals surface area contributed by atoms with E-state index in [4.69, 9.17) is 4.74 Å². The molecule has 0 aliphatic heterocycles. The summed E-state index contributed by atoms with van der Waals surface area (Å²) in [5, 5.41) is 3.10. The fraction of sp³-hybridized carbons (Fsp3) is 0.900. The maximum absolute atomic E-state index is 11.0. The van der Waals surface area contributed by atoms with E-state index in [0.29, 0.717) is 19.1 Å². The Morgan fingerprint density at radius 1 is 1.47 bits per heavy atom. The van der Waals surface area contributed by atoms with Crippen molar-refractivity contribution in [2.45, 2.75) is 18.7 Å². The van der Waals surface area contributed by atoms with Gasteiger partial charge in [0, 0.05) is 19.7 Å². The first kappa shape index (κ1) is 14.9. The Hall–Kier alpha value is -0.130. The van der Waals surface area contributed by atoms with Crippen molar-refractivity contribution in [2.24, 2.45) is 5.92 Å². The van der Waals surface area contributed by atoms with Gasteiger partial charge in [0.25, 0.3) is 0 Å². The number of hydrogen-bond acceptors (Lipinski definition) is 4. The Morgan fingerprint density at radius 2 is 2.13 bits per heavy atom. The number of alkyl halides is 1. The largest absolute Gasteiger partial charge is 0.468 e. The number of nitrogens with one attached hydrogen (secondary N) is 1. The highest BCUT2D eigenvalue weighted by atomic mass is 79.9. The lowest BCUT2D eigenvalue weighted by atomic mass is 10.2. The third kappa shape index (κ3) is 8.84. The number of carbonyl (C=O) groups is 1. The van der Waals surface area contributed by atoms with Gasteiger partial charge in [-0.1, -0.05) is 29.8 Å². The van der Waals surface area contributed by atoms with Gasteiger partial charge in [0.2, 0.25) is 0 Å². The van der Waals surface area contributed by atoms with Gasteiger partial charge in [0.15, 0.2) is 0 Å². The lowest BCUT2D eigenvalue weighted by molar-refractivity contribution is -0.139. The minimum absolute atomic E-state index is 0.259. The van der Waals surface area contributed by atoms with Crippen molar-refractivity contribution < 1.29 is 14.3 Å². The average molecular weight is 282 g/mol. The summed E-state index contributed by atoms with van der Waals surface area (Å²) in [6, 6.07) is 0. The third-order valence-electron chi connectivity index (χ3n) is 1.65. The molecule has 0 spiro atoms. The predicted octanol–water partition coefficient (Wildman–Crippen LogP) is 1.19. The van der Waals surface area contributed by atoms with Crippen molar-refractivity contribution >= 4 is 21.9 Å². The Morgan fingerprint density at radius 3 is 2.67 bits per heavy atom. The molecular formula is C10H20BrNO3. The van der Waals surface area contributed by atoms with Crippen LogP contribution >= 0.6 is 15.9 Å². The van der Waals surface area contributed by atoms with E-state index < -0.39 is 0 Å². The number of rotatable bonds is 8. The standard InChI is InChI=1S/C10H20BrNO3/c1-8(2)7-15-5-4-12-6-9(11)10(13)14-3/h8-9,12H,4-7H2,1-3H3. The van der Waals surface area contributed by atoms with Crippen LogP contribution in [0.3, 0.4) is 0 Å². The van der Waals surface area contributed by atoms with Crippen LogP contribution in [0.5, 0.6) is 0 Å². The van der Waals surface area contributed by atoms with E-state index in [9.17, 15) is 4.79 Å². The van der Waals surface area contributed by atoms with Gasteiger partial charge in [-0.3, -0.25) is 4.79 Å². The van der Waals surface area contributed by atoms with Crippen molar-refractivity contribution in [3.05, 3.63) is 0 Å². The molecule has 0 aromatic heterocycles. The second-order valence-corrected chi connectivity index (χ2v) is 4.77. The minimum atomic E-state index is -0.285. The molecule has 0 rings (SSSR count). The van der Waals surface area contributed by atoms with E-state index in [1.54, 1.807) is 0 Å². The Kier molecular flexibility index (Phi) is 9.04. The molecule has 0 radical (unpaired) electrons. The van der Waals surface area contributed by atoms with Gasteiger partial charge < -0.3 is 14.8 Å². The van der Waals surface area contributed by atoms with E-state index in [1.165, 1.54) is 7.11 Å². The van der Waals surface area contributed by atoms with Crippen molar-refractivity contribution in [2.75, 3.05) is 33.4 Å². The number of ether oxygens (including phenoxy) is 2. The van der Waals surface area contributed by atoms with Crippen molar-refractivity contribution in [1.82, 2.24) is 5.32 Å². The fourth-order valence-corrected chi connectivity index (χ4v) is 1.32. The Balaban J connectivity index is 3.27. The highest BCUT2D eigenvalue weighted by molar-refractivity contribution is 9.10. The number of hydrogen-bond donors (Lipinski definition) is 1. The molecule has 15 heavy (non-hydrogen) atoms. The first-order valence-corrected chi connectivity index (χ1v) is 5.99. The van der Waals surface area contributed by atoms with E-state index in [2.05, 4.69) is 39.8 Å². The molecule has 0 aliphatic carbocycles. The van der Waals surface area contributed by atoms with Gasteiger partial charge in [-0.05, 0) is 5.92 Å². The average Bonchev–Trinajstić information content (AvgIpc) is 2.21. The monoisotopic (exact) mass is 281 g/mol. The quantitative estimate of drug-likeness (QED) is 0.412. The maximum atomic E-state index is 11.0. The SMILES string of the molecule is COC(=O)C(Br)CNCCOCC(C)C. The molecule has 0 bridgehead atoms. The summed E-state index contributed by atoms with van der Waals surface area (Å²) in [5.74, 6) is 0.301. The Bertz CT molecular complexity index is 176. The Labute approximate surface area is 99.8 Å². The molecule has 90 valence electrons. The van der Waals surface area contributed by atoms with Crippen LogP contribution in [-0.2, 0) is 14.3 Å². The number of carbonyl (C=O) groups excluding carboxylic acids is 1. The van der Waals surface area contributed by atoms with Gasteiger partial charge in [0.1, 0.15) is 4.83 Å². The van der Waals surface area contributed by atoms with Crippen LogP contribution in [0.4, 0.5) is 0 Å². The van der Waals surface area contributed by atoms with Gasteiger partial charge >= 0.3 is 5.97 Å². The fourth-order valence-electron chi connectivity index (χ4n) is 0.903. The molecule has 0 saturated heterocycles. The highest BCUT2D eigenvalue weighted by Gasteiger charge is 2.13. The predicted molar refractivity (Wildman–Crippen MR) is 63.3 cm³/mol. The normalized spacial score (nSPS) is 12.9. The van der Waals surface area contributed by atoms with Crippen molar-refractivity contribution in [3.8, 4) is 0 Å². The molecule has 0 aliphatic rings. The van der Waals surface area contributed by atoms with Crippen LogP contribution in [0.25, 0.3) is 0 Å². The topological polar surface area (TPSA) is 47.6 Å². The summed E-state index contributed by atoms with van der Waals surface area (Å²) in [5.41, 5.74) is 0. The molecule has 0 aromatic rings. The molecule has 1 atom stereocenters. The summed E-state index contributed by atoms with van der Waals surface area (Å²) in [7, 11) is 1.38. The van der Waals surface area contributed by atoms with Crippen LogP contribution in [0.1, 0.15) is 13.8 Å². The highest BCUT2D eigenvalue weighted by Crippen LogP contribution is 1.99. The van der Waals surface area contributed by atoms with E-state index in [0.717, 1.165) is 13.2 Å². The summed E-state index contributed by atoms with van der Waals surface area (Å²) < 4.78 is 9.93. The zero-order valence-electron chi connectivity index (χ0n) is 9.59.